The summed E-state index contributed by atoms with van der Waals surface area (Å²) in [5.41, 5.74) is 2.79. The van der Waals surface area contributed by atoms with E-state index >= 15 is 0 Å². The van der Waals surface area contributed by atoms with E-state index < -0.39 is 0 Å². The first-order valence-electron chi connectivity index (χ1n) is 7.55. The van der Waals surface area contributed by atoms with Crippen LogP contribution in [0.5, 0.6) is 0 Å². The Hall–Kier alpha value is -2.06. The SMILES string of the molecule is O=C(Nc1ccccc1)c1ccccc1[Se]Cc1ccc(Cl)cc1. The second kappa shape index (κ2) is 8.16. The minimum atomic E-state index is -0.0604. The molecule has 0 aromatic heterocycles. The fraction of sp³-hybridized carbons (Fsp3) is 0.0500. The van der Waals surface area contributed by atoms with E-state index in [-0.39, 0.29) is 20.9 Å². The van der Waals surface area contributed by atoms with E-state index in [0.29, 0.717) is 0 Å². The maximum atomic E-state index is 12.6. The van der Waals surface area contributed by atoms with Crippen LogP contribution in [0.4, 0.5) is 5.69 Å². The van der Waals surface area contributed by atoms with E-state index in [1.54, 1.807) is 0 Å². The van der Waals surface area contributed by atoms with E-state index in [1.807, 2.05) is 78.9 Å². The molecule has 2 nitrogen and oxygen atoms in total. The number of halogens is 1. The number of carbonyl (C=O) groups excluding carboxylic acids is 1. The van der Waals surface area contributed by atoms with Crippen LogP contribution in [0.1, 0.15) is 15.9 Å². The van der Waals surface area contributed by atoms with Gasteiger partial charge in [-0.3, -0.25) is 0 Å². The fourth-order valence-corrected chi connectivity index (χ4v) is 4.48. The summed E-state index contributed by atoms with van der Waals surface area (Å²) >= 11 is 6.10. The molecule has 120 valence electrons. The third-order valence-corrected chi connectivity index (χ3v) is 6.12. The molecule has 0 heterocycles. The summed E-state index contributed by atoms with van der Waals surface area (Å²) in [7, 11) is 0. The molecule has 0 atom stereocenters. The van der Waals surface area contributed by atoms with Crippen LogP contribution < -0.4 is 9.78 Å². The Labute approximate surface area is 153 Å². The van der Waals surface area contributed by atoms with Gasteiger partial charge in [-0.05, 0) is 0 Å². The molecule has 0 spiro atoms. The average Bonchev–Trinajstić information content (AvgIpc) is 2.62. The van der Waals surface area contributed by atoms with Gasteiger partial charge in [-0.25, -0.2) is 0 Å². The van der Waals surface area contributed by atoms with Gasteiger partial charge >= 0.3 is 153 Å². The Kier molecular flexibility index (Phi) is 5.71. The number of hydrogen-bond acceptors (Lipinski definition) is 1. The van der Waals surface area contributed by atoms with Gasteiger partial charge in [-0.1, -0.05) is 0 Å². The van der Waals surface area contributed by atoms with Gasteiger partial charge in [0, 0.05) is 0 Å². The molecule has 0 aliphatic carbocycles. The fourth-order valence-electron chi connectivity index (χ4n) is 2.24. The first-order chi connectivity index (χ1) is 11.7. The van der Waals surface area contributed by atoms with E-state index in [2.05, 4.69) is 5.32 Å². The van der Waals surface area contributed by atoms with E-state index in [0.717, 1.165) is 26.1 Å². The second-order valence-electron chi connectivity index (χ2n) is 5.23. The molecule has 3 aromatic carbocycles. The minimum absolute atomic E-state index is 0.0604. The van der Waals surface area contributed by atoms with Gasteiger partial charge in [0.05, 0.1) is 0 Å². The van der Waals surface area contributed by atoms with Crippen molar-refractivity contribution < 1.29 is 4.79 Å². The molecule has 0 saturated heterocycles. The third-order valence-electron chi connectivity index (χ3n) is 3.47. The van der Waals surface area contributed by atoms with Crippen LogP contribution in [-0.4, -0.2) is 20.9 Å². The molecular formula is C20H16ClNOSe. The molecule has 4 heteroatoms. The molecule has 1 N–H and O–H groups in total. The molecular weight excluding hydrogens is 385 g/mol. The maximum absolute atomic E-state index is 12.6. The molecule has 3 aromatic rings. The van der Waals surface area contributed by atoms with Crippen molar-refractivity contribution in [1.29, 1.82) is 0 Å². The van der Waals surface area contributed by atoms with Crippen LogP contribution in [0.25, 0.3) is 0 Å². The Bertz CT molecular complexity index is 819. The second-order valence-corrected chi connectivity index (χ2v) is 7.80. The predicted molar refractivity (Wildman–Crippen MR) is 101 cm³/mol. The normalized spacial score (nSPS) is 10.4. The molecule has 0 bridgehead atoms. The van der Waals surface area contributed by atoms with Gasteiger partial charge in [-0.2, -0.15) is 0 Å². The van der Waals surface area contributed by atoms with Crippen LogP contribution in [0.15, 0.2) is 78.9 Å². The van der Waals surface area contributed by atoms with E-state index in [1.165, 1.54) is 5.56 Å². The molecule has 0 saturated carbocycles. The zero-order valence-corrected chi connectivity index (χ0v) is 15.4. The summed E-state index contributed by atoms with van der Waals surface area (Å²) in [4.78, 5) is 12.6. The molecule has 0 aliphatic heterocycles. The monoisotopic (exact) mass is 401 g/mol. The zero-order valence-electron chi connectivity index (χ0n) is 12.9. The number of amides is 1. The van der Waals surface area contributed by atoms with Crippen molar-refractivity contribution in [2.75, 3.05) is 5.32 Å². The molecule has 24 heavy (non-hydrogen) atoms. The van der Waals surface area contributed by atoms with Crippen LogP contribution in [0, 0.1) is 0 Å². The number of hydrogen-bond donors (Lipinski definition) is 1. The number of carbonyl (C=O) groups is 1. The third kappa shape index (κ3) is 4.48. The Balaban J connectivity index is 1.72. The Morgan fingerprint density at radius 2 is 1.54 bits per heavy atom. The summed E-state index contributed by atoms with van der Waals surface area (Å²) in [6, 6.07) is 25.2. The van der Waals surface area contributed by atoms with Crippen molar-refractivity contribution in [2.24, 2.45) is 0 Å². The van der Waals surface area contributed by atoms with Crippen molar-refractivity contribution in [3.05, 3.63) is 95.0 Å². The van der Waals surface area contributed by atoms with Crippen molar-refractivity contribution in [3.8, 4) is 0 Å². The zero-order chi connectivity index (χ0) is 16.8. The molecule has 0 aliphatic rings. The van der Waals surface area contributed by atoms with Gasteiger partial charge in [0.25, 0.3) is 0 Å². The standard InChI is InChI=1S/C20H16ClNOSe/c21-16-12-10-15(11-13-16)14-24-19-9-5-4-8-18(19)20(23)22-17-6-2-1-3-7-17/h1-13H,14H2,(H,22,23). The van der Waals surface area contributed by atoms with Gasteiger partial charge in [0.2, 0.25) is 0 Å². The van der Waals surface area contributed by atoms with Gasteiger partial charge < -0.3 is 0 Å². The molecule has 0 unspecified atom stereocenters. The van der Waals surface area contributed by atoms with Crippen molar-refractivity contribution in [1.82, 2.24) is 0 Å². The van der Waals surface area contributed by atoms with E-state index in [9.17, 15) is 4.79 Å². The summed E-state index contributed by atoms with van der Waals surface area (Å²) in [6.07, 6.45) is 0. The number of para-hydroxylation sites is 1. The van der Waals surface area contributed by atoms with Crippen LogP contribution in [0.2, 0.25) is 5.02 Å². The quantitative estimate of drug-likeness (QED) is 0.641. The number of nitrogens with one attached hydrogen (secondary N) is 1. The van der Waals surface area contributed by atoms with Crippen molar-refractivity contribution in [2.45, 2.75) is 5.32 Å². The van der Waals surface area contributed by atoms with Gasteiger partial charge in [0.15, 0.2) is 0 Å². The summed E-state index contributed by atoms with van der Waals surface area (Å²) in [6.45, 7) is 0. The predicted octanol–water partition coefficient (Wildman–Crippen LogP) is 4.12. The Morgan fingerprint density at radius 1 is 0.875 bits per heavy atom. The van der Waals surface area contributed by atoms with Crippen molar-refractivity contribution in [3.63, 3.8) is 0 Å². The topological polar surface area (TPSA) is 29.1 Å². The molecule has 0 radical (unpaired) electrons. The number of anilines is 1. The van der Waals surface area contributed by atoms with Gasteiger partial charge in [-0.15, -0.1) is 0 Å². The van der Waals surface area contributed by atoms with E-state index in [4.69, 9.17) is 11.6 Å². The molecule has 1 amide bonds. The summed E-state index contributed by atoms with van der Waals surface area (Å²) in [5.74, 6) is -0.0604. The van der Waals surface area contributed by atoms with Crippen LogP contribution in [-0.2, 0) is 5.32 Å². The van der Waals surface area contributed by atoms with Crippen LogP contribution in [0.3, 0.4) is 0 Å². The first kappa shape index (κ1) is 16.8. The number of benzene rings is 3. The summed E-state index contributed by atoms with van der Waals surface area (Å²) in [5, 5.41) is 4.63. The Morgan fingerprint density at radius 3 is 2.29 bits per heavy atom. The molecule has 0 fully saturated rings. The van der Waals surface area contributed by atoms with Gasteiger partial charge in [0.1, 0.15) is 0 Å². The van der Waals surface area contributed by atoms with Crippen LogP contribution >= 0.6 is 11.6 Å². The average molecular weight is 401 g/mol. The summed E-state index contributed by atoms with van der Waals surface area (Å²) < 4.78 is 1.10. The number of rotatable bonds is 5. The first-order valence-corrected chi connectivity index (χ1v) is 9.99. The molecule has 3 rings (SSSR count). The van der Waals surface area contributed by atoms with Crippen molar-refractivity contribution >= 4 is 42.6 Å².